The van der Waals surface area contributed by atoms with Crippen molar-refractivity contribution in [3.8, 4) is 0 Å². The summed E-state index contributed by atoms with van der Waals surface area (Å²) < 4.78 is 37.0. The molecule has 0 spiro atoms. The molecule has 7 heteroatoms. The number of rotatable bonds is 3. The number of guanidine groups is 1. The second-order valence-corrected chi connectivity index (χ2v) is 4.03. The van der Waals surface area contributed by atoms with Crippen LogP contribution in [-0.2, 0) is 0 Å². The van der Waals surface area contributed by atoms with Crippen molar-refractivity contribution in [3.63, 3.8) is 0 Å². The smallest absolute Gasteiger partial charge is 0.330 e. The van der Waals surface area contributed by atoms with E-state index < -0.39 is 12.7 Å². The number of halogens is 3. The average Bonchev–Trinajstić information content (AvgIpc) is 2.08. The summed E-state index contributed by atoms with van der Waals surface area (Å²) in [5.74, 6) is 5.25. The zero-order chi connectivity index (χ0) is 12.9. The van der Waals surface area contributed by atoms with Gasteiger partial charge in [0.15, 0.2) is 0 Å². The van der Waals surface area contributed by atoms with Crippen LogP contribution in [0.25, 0.3) is 0 Å². The highest BCUT2D eigenvalue weighted by molar-refractivity contribution is 5.79. The summed E-state index contributed by atoms with van der Waals surface area (Å²) in [5.41, 5.74) is 2.21. The minimum absolute atomic E-state index is 0.0577. The molecule has 0 radical (unpaired) electrons. The number of alkyl halides is 3. The molecule has 0 aliphatic carbocycles. The molecule has 96 valence electrons. The molecule has 0 aliphatic heterocycles. The molecule has 0 aromatic rings. The van der Waals surface area contributed by atoms with Crippen LogP contribution in [0.2, 0.25) is 0 Å². The number of nitrogens with zero attached hydrogens (tertiary/aromatic N) is 2. The largest absolute Gasteiger partial charge is 0.406 e. The van der Waals surface area contributed by atoms with E-state index in [1.165, 1.54) is 0 Å². The van der Waals surface area contributed by atoms with Gasteiger partial charge in [0.1, 0.15) is 6.54 Å². The van der Waals surface area contributed by atoms with Gasteiger partial charge in [0, 0.05) is 12.1 Å². The summed E-state index contributed by atoms with van der Waals surface area (Å²) in [6.07, 6.45) is -4.28. The Morgan fingerprint density at radius 1 is 1.31 bits per heavy atom. The van der Waals surface area contributed by atoms with Crippen molar-refractivity contribution in [2.45, 2.75) is 46.0 Å². The zero-order valence-corrected chi connectivity index (χ0v) is 9.97. The van der Waals surface area contributed by atoms with Gasteiger partial charge in [0.2, 0.25) is 5.96 Å². The molecule has 0 aliphatic rings. The standard InChI is InChI=1S/C9H19F3N4/c1-6(2)14-8(15-13)16(7(3)4)5-9(10,11)12/h6-7H,5,13H2,1-4H3,(H,14,15). The van der Waals surface area contributed by atoms with Gasteiger partial charge in [-0.25, -0.2) is 10.8 Å². The third kappa shape index (κ3) is 5.79. The van der Waals surface area contributed by atoms with Crippen molar-refractivity contribution in [2.75, 3.05) is 6.54 Å². The fourth-order valence-corrected chi connectivity index (χ4v) is 1.13. The average molecular weight is 240 g/mol. The fraction of sp³-hybridized carbons (Fsp3) is 0.889. The molecule has 0 heterocycles. The molecule has 0 saturated carbocycles. The molecule has 16 heavy (non-hydrogen) atoms. The number of aliphatic imine (C=N–C) groups is 1. The molecule has 3 N–H and O–H groups in total. The Balaban J connectivity index is 4.88. The van der Waals surface area contributed by atoms with E-state index in [1.807, 2.05) is 0 Å². The summed E-state index contributed by atoms with van der Waals surface area (Å²) >= 11 is 0. The highest BCUT2D eigenvalue weighted by Crippen LogP contribution is 2.18. The van der Waals surface area contributed by atoms with E-state index in [2.05, 4.69) is 10.4 Å². The van der Waals surface area contributed by atoms with Crippen molar-refractivity contribution in [2.24, 2.45) is 10.8 Å². The highest BCUT2D eigenvalue weighted by Gasteiger charge is 2.33. The topological polar surface area (TPSA) is 53.6 Å². The van der Waals surface area contributed by atoms with Gasteiger partial charge in [-0.1, -0.05) is 0 Å². The second-order valence-electron chi connectivity index (χ2n) is 4.03. The van der Waals surface area contributed by atoms with Gasteiger partial charge in [-0.3, -0.25) is 5.43 Å². The lowest BCUT2D eigenvalue weighted by atomic mass is 10.3. The molecule has 0 bridgehead atoms. The number of nitrogens with two attached hydrogens (primary N) is 1. The Bertz CT molecular complexity index is 235. The lowest BCUT2D eigenvalue weighted by Crippen LogP contribution is -2.51. The van der Waals surface area contributed by atoms with Crippen molar-refractivity contribution in [3.05, 3.63) is 0 Å². The monoisotopic (exact) mass is 240 g/mol. The van der Waals surface area contributed by atoms with E-state index in [0.29, 0.717) is 0 Å². The lowest BCUT2D eigenvalue weighted by Gasteiger charge is -2.30. The van der Waals surface area contributed by atoms with E-state index in [4.69, 9.17) is 5.84 Å². The maximum absolute atomic E-state index is 12.3. The van der Waals surface area contributed by atoms with E-state index in [9.17, 15) is 13.2 Å². The van der Waals surface area contributed by atoms with Crippen LogP contribution in [0.3, 0.4) is 0 Å². The molecule has 0 saturated heterocycles. The third-order valence-electron chi connectivity index (χ3n) is 1.75. The number of hydrogen-bond acceptors (Lipinski definition) is 2. The first kappa shape index (κ1) is 15.0. The molecular formula is C9H19F3N4. The Morgan fingerprint density at radius 2 is 1.81 bits per heavy atom. The van der Waals surface area contributed by atoms with Gasteiger partial charge in [-0.15, -0.1) is 0 Å². The Morgan fingerprint density at radius 3 is 2.06 bits per heavy atom. The fourth-order valence-electron chi connectivity index (χ4n) is 1.13. The normalized spacial score (nSPS) is 13.5. The summed E-state index contributed by atoms with van der Waals surface area (Å²) in [6.45, 7) is 5.77. The first-order valence-electron chi connectivity index (χ1n) is 5.05. The third-order valence-corrected chi connectivity index (χ3v) is 1.75. The quantitative estimate of drug-likeness (QED) is 0.340. The predicted octanol–water partition coefficient (Wildman–Crippen LogP) is 1.49. The molecule has 0 fully saturated rings. The lowest BCUT2D eigenvalue weighted by molar-refractivity contribution is -0.140. The van der Waals surface area contributed by atoms with Crippen LogP contribution in [-0.4, -0.2) is 35.7 Å². The van der Waals surface area contributed by atoms with Crippen LogP contribution < -0.4 is 11.3 Å². The summed E-state index contributed by atoms with van der Waals surface area (Å²) in [4.78, 5) is 5.09. The van der Waals surface area contributed by atoms with E-state index in [0.717, 1.165) is 4.90 Å². The van der Waals surface area contributed by atoms with E-state index >= 15 is 0 Å². The van der Waals surface area contributed by atoms with E-state index in [-0.39, 0.29) is 18.0 Å². The van der Waals surface area contributed by atoms with Crippen LogP contribution in [0, 0.1) is 0 Å². The van der Waals surface area contributed by atoms with Gasteiger partial charge in [0.25, 0.3) is 0 Å². The molecule has 0 rings (SSSR count). The van der Waals surface area contributed by atoms with Gasteiger partial charge in [-0.2, -0.15) is 13.2 Å². The van der Waals surface area contributed by atoms with Crippen molar-refractivity contribution < 1.29 is 13.2 Å². The molecule has 0 aromatic carbocycles. The Kier molecular flexibility index (Phi) is 5.57. The van der Waals surface area contributed by atoms with Gasteiger partial charge >= 0.3 is 6.18 Å². The van der Waals surface area contributed by atoms with Crippen LogP contribution >= 0.6 is 0 Å². The van der Waals surface area contributed by atoms with Crippen LogP contribution in [0.4, 0.5) is 13.2 Å². The Hall–Kier alpha value is -0.980. The van der Waals surface area contributed by atoms with Crippen LogP contribution in [0.15, 0.2) is 4.99 Å². The summed E-state index contributed by atoms with van der Waals surface area (Å²) in [7, 11) is 0. The molecular weight excluding hydrogens is 221 g/mol. The zero-order valence-electron chi connectivity index (χ0n) is 9.97. The highest BCUT2D eigenvalue weighted by atomic mass is 19.4. The second kappa shape index (κ2) is 5.93. The molecule has 0 aromatic heterocycles. The molecule has 0 unspecified atom stereocenters. The summed E-state index contributed by atoms with van der Waals surface area (Å²) in [6, 6.07) is -0.462. The van der Waals surface area contributed by atoms with Gasteiger partial charge in [0.05, 0.1) is 0 Å². The van der Waals surface area contributed by atoms with Gasteiger partial charge in [-0.05, 0) is 27.7 Å². The maximum Gasteiger partial charge on any atom is 0.406 e. The maximum atomic E-state index is 12.3. The minimum atomic E-state index is -4.28. The summed E-state index contributed by atoms with van der Waals surface area (Å²) in [5, 5.41) is 0. The molecule has 0 amide bonds. The number of nitrogens with one attached hydrogen (secondary N) is 1. The van der Waals surface area contributed by atoms with Gasteiger partial charge < -0.3 is 4.90 Å². The van der Waals surface area contributed by atoms with Crippen LogP contribution in [0.1, 0.15) is 27.7 Å². The Labute approximate surface area is 93.7 Å². The van der Waals surface area contributed by atoms with E-state index in [1.54, 1.807) is 27.7 Å². The minimum Gasteiger partial charge on any atom is -0.330 e. The first-order valence-corrected chi connectivity index (χ1v) is 5.05. The predicted molar refractivity (Wildman–Crippen MR) is 57.8 cm³/mol. The van der Waals surface area contributed by atoms with Crippen molar-refractivity contribution in [1.82, 2.24) is 10.3 Å². The number of hydrazine groups is 1. The molecule has 4 nitrogen and oxygen atoms in total. The van der Waals surface area contributed by atoms with Crippen molar-refractivity contribution >= 4 is 5.96 Å². The SMILES string of the molecule is CC(C)N=C(NN)N(CC(F)(F)F)C(C)C. The molecule has 0 atom stereocenters. The number of hydrogen-bond donors (Lipinski definition) is 2. The van der Waals surface area contributed by atoms with Crippen LogP contribution in [0.5, 0.6) is 0 Å². The first-order chi connectivity index (χ1) is 7.17. The van der Waals surface area contributed by atoms with Crippen molar-refractivity contribution in [1.29, 1.82) is 0 Å².